The van der Waals surface area contributed by atoms with Crippen molar-refractivity contribution >= 4 is 17.9 Å². The Morgan fingerprint density at radius 2 is 0.520 bits per heavy atom. The summed E-state index contributed by atoms with van der Waals surface area (Å²) in [5, 5.41) is 0. The third kappa shape index (κ3) is 61.6. The van der Waals surface area contributed by atoms with E-state index in [1.807, 2.05) is 0 Å². The van der Waals surface area contributed by atoms with Crippen molar-refractivity contribution in [3.05, 3.63) is 72.9 Å². The molecule has 0 heterocycles. The van der Waals surface area contributed by atoms with Gasteiger partial charge in [0.25, 0.3) is 0 Å². The third-order valence-corrected chi connectivity index (χ3v) is 14.2. The lowest BCUT2D eigenvalue weighted by molar-refractivity contribution is -0.167. The monoisotopic (exact) mass is 1050 g/mol. The van der Waals surface area contributed by atoms with E-state index in [9.17, 15) is 14.4 Å². The van der Waals surface area contributed by atoms with Crippen molar-refractivity contribution in [1.82, 2.24) is 0 Å². The van der Waals surface area contributed by atoms with Gasteiger partial charge >= 0.3 is 17.9 Å². The topological polar surface area (TPSA) is 78.9 Å². The molecule has 0 fully saturated rings. The molecule has 0 saturated heterocycles. The van der Waals surface area contributed by atoms with E-state index >= 15 is 0 Å². The molecule has 0 rings (SSSR count). The van der Waals surface area contributed by atoms with Crippen molar-refractivity contribution in [2.24, 2.45) is 0 Å². The standard InChI is InChI=1S/C69H122O6/c1-4-7-10-13-16-18-20-22-24-26-28-30-32-34-36-37-39-41-43-45-47-49-51-53-56-59-62-68(71)74-65-66(64-73-67(70)61-58-55-15-12-9-6-3)75-69(72)63-60-57-54-52-50-48-46-44-42-40-38-35-33-31-29-27-25-23-21-19-17-14-11-8-5-2/h8,11,17,19,23,25,29,31,35,38,42,44,66H,4-7,9-10,12-16,18,20-22,24,26-28,30,32-34,36-37,39-41,43,45-65H2,1-3H3/b11-8-,19-17-,25-23-,31-29-,38-35-,44-42-. The van der Waals surface area contributed by atoms with Crippen molar-refractivity contribution in [3.8, 4) is 0 Å². The number of carbonyl (C=O) groups excluding carboxylic acids is 3. The zero-order valence-electron chi connectivity index (χ0n) is 49.8. The number of allylic oxidation sites excluding steroid dienone is 12. The number of esters is 3. The fourth-order valence-corrected chi connectivity index (χ4v) is 9.39. The fourth-order valence-electron chi connectivity index (χ4n) is 9.39. The first-order valence-electron chi connectivity index (χ1n) is 32.4. The maximum atomic E-state index is 12.8. The van der Waals surface area contributed by atoms with E-state index in [1.165, 1.54) is 180 Å². The Hall–Kier alpha value is -3.15. The Balaban J connectivity index is 4.09. The van der Waals surface area contributed by atoms with E-state index in [1.54, 1.807) is 0 Å². The Morgan fingerprint density at radius 1 is 0.280 bits per heavy atom. The van der Waals surface area contributed by atoms with Gasteiger partial charge in [-0.15, -0.1) is 0 Å². The molecule has 75 heavy (non-hydrogen) atoms. The van der Waals surface area contributed by atoms with Crippen LogP contribution < -0.4 is 0 Å². The van der Waals surface area contributed by atoms with Gasteiger partial charge in [-0.1, -0.05) is 312 Å². The molecule has 0 aliphatic rings. The van der Waals surface area contributed by atoms with Crippen molar-refractivity contribution < 1.29 is 28.6 Å². The average Bonchev–Trinajstić information content (AvgIpc) is 3.41. The van der Waals surface area contributed by atoms with E-state index < -0.39 is 6.10 Å². The van der Waals surface area contributed by atoms with Crippen molar-refractivity contribution in [1.29, 1.82) is 0 Å². The summed E-state index contributed by atoms with van der Waals surface area (Å²) in [6.07, 6.45) is 82.4. The number of ether oxygens (including phenoxy) is 3. The summed E-state index contributed by atoms with van der Waals surface area (Å²) in [5.74, 6) is -0.889. The largest absolute Gasteiger partial charge is 0.462 e. The molecule has 6 nitrogen and oxygen atoms in total. The molecule has 1 atom stereocenters. The molecule has 0 amide bonds. The summed E-state index contributed by atoms with van der Waals surface area (Å²) in [4.78, 5) is 38.0. The molecule has 6 heteroatoms. The summed E-state index contributed by atoms with van der Waals surface area (Å²) >= 11 is 0. The highest BCUT2D eigenvalue weighted by Gasteiger charge is 2.19. The first kappa shape index (κ1) is 71.8. The normalized spacial score (nSPS) is 12.5. The van der Waals surface area contributed by atoms with E-state index in [0.29, 0.717) is 19.3 Å². The molecule has 0 aromatic rings. The predicted octanol–water partition coefficient (Wildman–Crippen LogP) is 22.1. The minimum absolute atomic E-state index is 0.0783. The van der Waals surface area contributed by atoms with Gasteiger partial charge in [-0.2, -0.15) is 0 Å². The van der Waals surface area contributed by atoms with Gasteiger partial charge in [0.15, 0.2) is 6.10 Å². The summed E-state index contributed by atoms with van der Waals surface area (Å²) < 4.78 is 16.8. The van der Waals surface area contributed by atoms with Gasteiger partial charge in [0.2, 0.25) is 0 Å². The van der Waals surface area contributed by atoms with E-state index in [4.69, 9.17) is 14.2 Å². The van der Waals surface area contributed by atoms with Gasteiger partial charge in [0.1, 0.15) is 13.2 Å². The van der Waals surface area contributed by atoms with E-state index in [0.717, 1.165) is 109 Å². The zero-order valence-corrected chi connectivity index (χ0v) is 49.8. The number of carbonyl (C=O) groups is 3. The first-order chi connectivity index (χ1) is 37.0. The third-order valence-electron chi connectivity index (χ3n) is 14.2. The maximum Gasteiger partial charge on any atom is 0.306 e. The maximum absolute atomic E-state index is 12.8. The molecule has 0 aromatic heterocycles. The summed E-state index contributed by atoms with van der Waals surface area (Å²) in [6.45, 7) is 6.49. The van der Waals surface area contributed by atoms with Crippen molar-refractivity contribution in [3.63, 3.8) is 0 Å². The summed E-state index contributed by atoms with van der Waals surface area (Å²) in [7, 11) is 0. The number of rotatable bonds is 59. The van der Waals surface area contributed by atoms with Crippen LogP contribution in [-0.4, -0.2) is 37.2 Å². The smallest absolute Gasteiger partial charge is 0.306 e. The molecule has 0 aliphatic heterocycles. The lowest BCUT2D eigenvalue weighted by atomic mass is 10.0. The van der Waals surface area contributed by atoms with Gasteiger partial charge in [-0.3, -0.25) is 14.4 Å². The molecule has 0 bridgehead atoms. The molecular weight excluding hydrogens is 925 g/mol. The molecule has 0 saturated carbocycles. The molecule has 0 aliphatic carbocycles. The second kappa shape index (κ2) is 63.4. The van der Waals surface area contributed by atoms with E-state index in [2.05, 4.69) is 93.7 Å². The molecular formula is C69H122O6. The highest BCUT2D eigenvalue weighted by atomic mass is 16.6. The van der Waals surface area contributed by atoms with Crippen LogP contribution in [0.15, 0.2) is 72.9 Å². The SMILES string of the molecule is CC/C=C\C/C=C\C/C=C\C/C=C\C/C=C\C/C=C\CCCCCCCCC(=O)OC(COC(=O)CCCCCCCC)COC(=O)CCCCCCCCCCCCCCCCCCCCCCCCCCCC. The van der Waals surface area contributed by atoms with Crippen LogP contribution in [0.5, 0.6) is 0 Å². The first-order valence-corrected chi connectivity index (χ1v) is 32.4. The molecule has 434 valence electrons. The summed E-state index contributed by atoms with van der Waals surface area (Å²) in [5.41, 5.74) is 0. The molecule has 0 N–H and O–H groups in total. The molecule has 1 unspecified atom stereocenters. The lowest BCUT2D eigenvalue weighted by Crippen LogP contribution is -2.30. The summed E-state index contributed by atoms with van der Waals surface area (Å²) in [6, 6.07) is 0. The van der Waals surface area contributed by atoms with Crippen LogP contribution >= 0.6 is 0 Å². The molecule has 0 spiro atoms. The van der Waals surface area contributed by atoms with Gasteiger partial charge in [-0.05, 0) is 70.6 Å². The minimum Gasteiger partial charge on any atom is -0.462 e. The Kier molecular flexibility index (Phi) is 60.7. The Bertz CT molecular complexity index is 1390. The lowest BCUT2D eigenvalue weighted by Gasteiger charge is -2.18. The Morgan fingerprint density at radius 3 is 0.813 bits per heavy atom. The highest BCUT2D eigenvalue weighted by molar-refractivity contribution is 5.71. The zero-order chi connectivity index (χ0) is 54.3. The van der Waals surface area contributed by atoms with Crippen LogP contribution in [0.4, 0.5) is 0 Å². The second-order valence-electron chi connectivity index (χ2n) is 21.7. The van der Waals surface area contributed by atoms with Crippen LogP contribution in [0.3, 0.4) is 0 Å². The molecule has 0 radical (unpaired) electrons. The average molecular weight is 1050 g/mol. The van der Waals surface area contributed by atoms with Gasteiger partial charge in [-0.25, -0.2) is 0 Å². The van der Waals surface area contributed by atoms with E-state index in [-0.39, 0.29) is 31.1 Å². The van der Waals surface area contributed by atoms with Crippen LogP contribution in [0.1, 0.15) is 329 Å². The Labute approximate surface area is 465 Å². The van der Waals surface area contributed by atoms with Crippen LogP contribution in [0, 0.1) is 0 Å². The van der Waals surface area contributed by atoms with Gasteiger partial charge < -0.3 is 14.2 Å². The number of hydrogen-bond donors (Lipinski definition) is 0. The van der Waals surface area contributed by atoms with Crippen molar-refractivity contribution in [2.45, 2.75) is 335 Å². The highest BCUT2D eigenvalue weighted by Crippen LogP contribution is 2.17. The number of unbranched alkanes of at least 4 members (excludes halogenated alkanes) is 36. The van der Waals surface area contributed by atoms with Crippen LogP contribution in [0.2, 0.25) is 0 Å². The van der Waals surface area contributed by atoms with Crippen LogP contribution in [-0.2, 0) is 28.6 Å². The molecule has 0 aromatic carbocycles. The predicted molar refractivity (Wildman–Crippen MR) is 325 cm³/mol. The second-order valence-corrected chi connectivity index (χ2v) is 21.7. The van der Waals surface area contributed by atoms with Gasteiger partial charge in [0.05, 0.1) is 0 Å². The fraction of sp³-hybridized carbons (Fsp3) is 0.783. The van der Waals surface area contributed by atoms with Crippen molar-refractivity contribution in [2.75, 3.05) is 13.2 Å². The minimum atomic E-state index is -0.780. The quantitative estimate of drug-likeness (QED) is 0.0261. The van der Waals surface area contributed by atoms with Gasteiger partial charge in [0, 0.05) is 19.3 Å². The van der Waals surface area contributed by atoms with Crippen LogP contribution in [0.25, 0.3) is 0 Å². The number of hydrogen-bond acceptors (Lipinski definition) is 6.